The highest BCUT2D eigenvalue weighted by Gasteiger charge is 2.18. The first-order valence-corrected chi connectivity index (χ1v) is 7.05. The Morgan fingerprint density at radius 3 is 2.81 bits per heavy atom. The van der Waals surface area contributed by atoms with Gasteiger partial charge in [0.15, 0.2) is 11.5 Å². The zero-order chi connectivity index (χ0) is 14.7. The Hall–Kier alpha value is -2.43. The van der Waals surface area contributed by atoms with E-state index in [-0.39, 0.29) is 5.69 Å². The van der Waals surface area contributed by atoms with Crippen LogP contribution in [0.4, 0.5) is 11.5 Å². The third kappa shape index (κ3) is 2.72. The number of rotatable bonds is 2. The van der Waals surface area contributed by atoms with Gasteiger partial charge in [-0.1, -0.05) is 18.2 Å². The standard InChI is InChI=1S/C16H17N3O2/c1-21-16(20)13-10-18-15(11-17-13)19-9-5-4-7-12-6-2-3-8-14(12)19/h2-3,6,8,10-11H,4-5,7,9H2,1H3. The molecule has 0 spiro atoms. The van der Waals surface area contributed by atoms with Gasteiger partial charge in [0.05, 0.1) is 19.5 Å². The van der Waals surface area contributed by atoms with E-state index in [0.717, 1.165) is 25.2 Å². The van der Waals surface area contributed by atoms with E-state index in [4.69, 9.17) is 0 Å². The number of para-hydroxylation sites is 1. The average molecular weight is 283 g/mol. The lowest BCUT2D eigenvalue weighted by atomic mass is 10.1. The Bertz CT molecular complexity index is 640. The van der Waals surface area contributed by atoms with Crippen molar-refractivity contribution in [3.05, 3.63) is 47.9 Å². The van der Waals surface area contributed by atoms with Gasteiger partial charge < -0.3 is 9.64 Å². The molecule has 0 bridgehead atoms. The number of benzene rings is 1. The van der Waals surface area contributed by atoms with Gasteiger partial charge in [-0.2, -0.15) is 0 Å². The van der Waals surface area contributed by atoms with Gasteiger partial charge in [-0.05, 0) is 30.9 Å². The van der Waals surface area contributed by atoms with Crippen LogP contribution in [0.1, 0.15) is 28.9 Å². The van der Waals surface area contributed by atoms with Crippen LogP contribution in [0.2, 0.25) is 0 Å². The van der Waals surface area contributed by atoms with E-state index in [0.29, 0.717) is 0 Å². The van der Waals surface area contributed by atoms with Gasteiger partial charge in [0, 0.05) is 12.2 Å². The number of aromatic nitrogens is 2. The second kappa shape index (κ2) is 5.91. The van der Waals surface area contributed by atoms with Crippen LogP contribution in [0.25, 0.3) is 0 Å². The van der Waals surface area contributed by atoms with Crippen LogP contribution >= 0.6 is 0 Å². The quantitative estimate of drug-likeness (QED) is 0.793. The number of fused-ring (bicyclic) bond motifs is 1. The van der Waals surface area contributed by atoms with Crippen molar-refractivity contribution in [1.29, 1.82) is 0 Å². The maximum Gasteiger partial charge on any atom is 0.358 e. The van der Waals surface area contributed by atoms with Crippen molar-refractivity contribution >= 4 is 17.5 Å². The van der Waals surface area contributed by atoms with Crippen molar-refractivity contribution < 1.29 is 9.53 Å². The lowest BCUT2D eigenvalue weighted by Crippen LogP contribution is -2.20. The van der Waals surface area contributed by atoms with Gasteiger partial charge in [0.25, 0.3) is 0 Å². The van der Waals surface area contributed by atoms with Crippen molar-refractivity contribution in [1.82, 2.24) is 9.97 Å². The molecule has 0 saturated heterocycles. The normalized spacial score (nSPS) is 14.2. The molecule has 0 fully saturated rings. The number of esters is 1. The van der Waals surface area contributed by atoms with Gasteiger partial charge in [-0.3, -0.25) is 0 Å². The second-order valence-corrected chi connectivity index (χ2v) is 4.99. The van der Waals surface area contributed by atoms with Gasteiger partial charge in [-0.15, -0.1) is 0 Å². The Morgan fingerprint density at radius 2 is 2.05 bits per heavy atom. The molecular formula is C16H17N3O2. The molecule has 5 nitrogen and oxygen atoms in total. The first kappa shape index (κ1) is 13.5. The summed E-state index contributed by atoms with van der Waals surface area (Å²) in [5, 5.41) is 0. The zero-order valence-electron chi connectivity index (χ0n) is 12.0. The number of anilines is 2. The van der Waals surface area contributed by atoms with Crippen molar-refractivity contribution in [2.75, 3.05) is 18.6 Å². The molecule has 1 aromatic heterocycles. The number of carbonyl (C=O) groups excluding carboxylic acids is 1. The van der Waals surface area contributed by atoms with E-state index >= 15 is 0 Å². The summed E-state index contributed by atoms with van der Waals surface area (Å²) in [7, 11) is 1.34. The topological polar surface area (TPSA) is 55.3 Å². The van der Waals surface area contributed by atoms with Gasteiger partial charge in [0.2, 0.25) is 0 Å². The molecule has 1 aliphatic rings. The van der Waals surface area contributed by atoms with E-state index in [1.807, 2.05) is 6.07 Å². The molecule has 0 amide bonds. The fourth-order valence-electron chi connectivity index (χ4n) is 2.60. The predicted molar refractivity (Wildman–Crippen MR) is 79.8 cm³/mol. The largest absolute Gasteiger partial charge is 0.464 e. The Balaban J connectivity index is 1.94. The average Bonchev–Trinajstić information content (AvgIpc) is 2.77. The molecule has 3 rings (SSSR count). The maximum atomic E-state index is 11.4. The van der Waals surface area contributed by atoms with E-state index in [1.165, 1.54) is 31.0 Å². The first-order valence-electron chi connectivity index (χ1n) is 7.05. The Morgan fingerprint density at radius 1 is 1.19 bits per heavy atom. The third-order valence-electron chi connectivity index (χ3n) is 3.67. The molecule has 0 aliphatic carbocycles. The number of aryl methyl sites for hydroxylation is 1. The molecule has 1 aliphatic heterocycles. The fraction of sp³-hybridized carbons (Fsp3) is 0.312. The Labute approximate surface area is 123 Å². The molecule has 21 heavy (non-hydrogen) atoms. The van der Waals surface area contributed by atoms with Crippen LogP contribution in [-0.2, 0) is 11.2 Å². The molecule has 0 radical (unpaired) electrons. The summed E-state index contributed by atoms with van der Waals surface area (Å²) < 4.78 is 4.64. The highest BCUT2D eigenvalue weighted by Crippen LogP contribution is 2.30. The summed E-state index contributed by atoms with van der Waals surface area (Å²) in [5.41, 5.74) is 2.73. The summed E-state index contributed by atoms with van der Waals surface area (Å²) in [6, 6.07) is 8.36. The highest BCUT2D eigenvalue weighted by molar-refractivity contribution is 5.86. The highest BCUT2D eigenvalue weighted by atomic mass is 16.5. The molecule has 1 aromatic carbocycles. The second-order valence-electron chi connectivity index (χ2n) is 4.99. The molecule has 0 unspecified atom stereocenters. The molecule has 5 heteroatoms. The van der Waals surface area contributed by atoms with Crippen molar-refractivity contribution in [3.63, 3.8) is 0 Å². The SMILES string of the molecule is COC(=O)c1cnc(N2CCCCc3ccccc32)cn1. The summed E-state index contributed by atoms with van der Waals surface area (Å²) >= 11 is 0. The lowest BCUT2D eigenvalue weighted by Gasteiger charge is -2.23. The summed E-state index contributed by atoms with van der Waals surface area (Å²) in [4.78, 5) is 22.1. The van der Waals surface area contributed by atoms with Crippen molar-refractivity contribution in [2.45, 2.75) is 19.3 Å². The van der Waals surface area contributed by atoms with Gasteiger partial charge in [-0.25, -0.2) is 14.8 Å². The van der Waals surface area contributed by atoms with E-state index < -0.39 is 5.97 Å². The fourth-order valence-corrected chi connectivity index (χ4v) is 2.60. The smallest absolute Gasteiger partial charge is 0.358 e. The minimum absolute atomic E-state index is 0.226. The summed E-state index contributed by atoms with van der Waals surface area (Å²) in [5.74, 6) is 0.294. The minimum Gasteiger partial charge on any atom is -0.464 e. The summed E-state index contributed by atoms with van der Waals surface area (Å²) in [6.45, 7) is 0.906. The molecule has 108 valence electrons. The van der Waals surface area contributed by atoms with Crippen LogP contribution in [0.5, 0.6) is 0 Å². The third-order valence-corrected chi connectivity index (χ3v) is 3.67. The van der Waals surface area contributed by atoms with E-state index in [1.54, 1.807) is 6.20 Å². The molecule has 2 aromatic rings. The van der Waals surface area contributed by atoms with Crippen LogP contribution in [-0.4, -0.2) is 29.6 Å². The molecule has 2 heterocycles. The van der Waals surface area contributed by atoms with Crippen molar-refractivity contribution in [3.8, 4) is 0 Å². The van der Waals surface area contributed by atoms with E-state index in [2.05, 4.69) is 37.8 Å². The zero-order valence-corrected chi connectivity index (χ0v) is 12.0. The molecule has 0 N–H and O–H groups in total. The number of methoxy groups -OCH3 is 1. The van der Waals surface area contributed by atoms with Gasteiger partial charge >= 0.3 is 5.97 Å². The van der Waals surface area contributed by atoms with E-state index in [9.17, 15) is 4.79 Å². The molecule has 0 atom stereocenters. The van der Waals surface area contributed by atoms with Crippen molar-refractivity contribution in [2.24, 2.45) is 0 Å². The van der Waals surface area contributed by atoms with Crippen LogP contribution in [0.15, 0.2) is 36.7 Å². The van der Waals surface area contributed by atoms with Crippen LogP contribution in [0, 0.1) is 0 Å². The number of carbonyl (C=O) groups is 1. The predicted octanol–water partition coefficient (Wildman–Crippen LogP) is 2.74. The lowest BCUT2D eigenvalue weighted by molar-refractivity contribution is 0.0593. The maximum absolute atomic E-state index is 11.4. The van der Waals surface area contributed by atoms with Crippen LogP contribution < -0.4 is 4.90 Å². The van der Waals surface area contributed by atoms with Crippen LogP contribution in [0.3, 0.4) is 0 Å². The Kier molecular flexibility index (Phi) is 3.81. The summed E-state index contributed by atoms with van der Waals surface area (Å²) in [6.07, 6.45) is 6.46. The monoisotopic (exact) mass is 283 g/mol. The minimum atomic E-state index is -0.467. The number of hydrogen-bond donors (Lipinski definition) is 0. The number of hydrogen-bond acceptors (Lipinski definition) is 5. The first-order chi connectivity index (χ1) is 10.3. The molecule has 0 saturated carbocycles. The number of nitrogens with zero attached hydrogens (tertiary/aromatic N) is 3. The number of ether oxygens (including phenoxy) is 1. The van der Waals surface area contributed by atoms with Gasteiger partial charge in [0.1, 0.15) is 0 Å². The molecular weight excluding hydrogens is 266 g/mol.